The van der Waals surface area contributed by atoms with Gasteiger partial charge in [0.25, 0.3) is 0 Å². The molecule has 18 heavy (non-hydrogen) atoms. The fourth-order valence-corrected chi connectivity index (χ4v) is 1.59. The maximum atomic E-state index is 13.5. The summed E-state index contributed by atoms with van der Waals surface area (Å²) in [6.07, 6.45) is 1.38. The third kappa shape index (κ3) is 2.26. The Balaban J connectivity index is 2.48. The standard InChI is InChI=1S/C13H10F2N2O/c14-10-2-1-3-11(15)12(10)13(18)8-4-5-17-9(6-8)7-16/h1-6H,7,16H2. The smallest absolute Gasteiger partial charge is 0.199 e. The SMILES string of the molecule is NCc1cc(C(=O)c2c(F)cccc2F)ccn1. The molecular formula is C13H10F2N2O. The van der Waals surface area contributed by atoms with Gasteiger partial charge in [-0.1, -0.05) is 6.07 Å². The molecular weight excluding hydrogens is 238 g/mol. The van der Waals surface area contributed by atoms with Crippen LogP contribution < -0.4 is 5.73 Å². The van der Waals surface area contributed by atoms with Gasteiger partial charge in [-0.2, -0.15) is 0 Å². The molecule has 5 heteroatoms. The summed E-state index contributed by atoms with van der Waals surface area (Å²) in [5.74, 6) is -2.49. The normalized spacial score (nSPS) is 10.4. The number of hydrogen-bond acceptors (Lipinski definition) is 3. The van der Waals surface area contributed by atoms with Crippen molar-refractivity contribution in [1.82, 2.24) is 4.98 Å². The molecule has 0 atom stereocenters. The summed E-state index contributed by atoms with van der Waals surface area (Å²) in [6.45, 7) is 0.154. The second kappa shape index (κ2) is 5.01. The average Bonchev–Trinajstić information content (AvgIpc) is 2.38. The van der Waals surface area contributed by atoms with Gasteiger partial charge in [0.05, 0.1) is 11.3 Å². The van der Waals surface area contributed by atoms with Crippen molar-refractivity contribution in [3.05, 3.63) is 65.0 Å². The van der Waals surface area contributed by atoms with Crippen molar-refractivity contribution in [3.63, 3.8) is 0 Å². The van der Waals surface area contributed by atoms with Crippen molar-refractivity contribution in [3.8, 4) is 0 Å². The summed E-state index contributed by atoms with van der Waals surface area (Å²) in [4.78, 5) is 15.9. The lowest BCUT2D eigenvalue weighted by Gasteiger charge is -2.05. The summed E-state index contributed by atoms with van der Waals surface area (Å²) in [7, 11) is 0. The van der Waals surface area contributed by atoms with Crippen LogP contribution in [0.5, 0.6) is 0 Å². The van der Waals surface area contributed by atoms with Crippen LogP contribution in [0, 0.1) is 11.6 Å². The number of halogens is 2. The topological polar surface area (TPSA) is 56.0 Å². The van der Waals surface area contributed by atoms with Gasteiger partial charge in [-0.15, -0.1) is 0 Å². The van der Waals surface area contributed by atoms with Crippen LogP contribution in [0.25, 0.3) is 0 Å². The highest BCUT2D eigenvalue weighted by molar-refractivity contribution is 6.09. The lowest BCUT2D eigenvalue weighted by molar-refractivity contribution is 0.103. The van der Waals surface area contributed by atoms with Crippen LogP contribution in [-0.2, 0) is 6.54 Å². The van der Waals surface area contributed by atoms with Crippen molar-refractivity contribution >= 4 is 5.78 Å². The monoisotopic (exact) mass is 248 g/mol. The molecule has 0 spiro atoms. The third-order valence-corrected chi connectivity index (χ3v) is 2.48. The first kappa shape index (κ1) is 12.3. The Bertz CT molecular complexity index is 579. The number of aromatic nitrogens is 1. The molecule has 2 rings (SSSR count). The predicted molar refractivity (Wildman–Crippen MR) is 61.9 cm³/mol. The van der Waals surface area contributed by atoms with Crippen LogP contribution in [0.2, 0.25) is 0 Å². The molecule has 0 aliphatic heterocycles. The van der Waals surface area contributed by atoms with Crippen LogP contribution in [0.3, 0.4) is 0 Å². The van der Waals surface area contributed by atoms with Crippen molar-refractivity contribution in [1.29, 1.82) is 0 Å². The van der Waals surface area contributed by atoms with Crippen LogP contribution in [0.1, 0.15) is 21.6 Å². The van der Waals surface area contributed by atoms with Gasteiger partial charge < -0.3 is 5.73 Å². The minimum Gasteiger partial charge on any atom is -0.325 e. The second-order valence-corrected chi connectivity index (χ2v) is 3.67. The van der Waals surface area contributed by atoms with E-state index in [2.05, 4.69) is 4.98 Å². The Labute approximate surface area is 102 Å². The van der Waals surface area contributed by atoms with E-state index in [1.807, 2.05) is 0 Å². The van der Waals surface area contributed by atoms with Crippen molar-refractivity contribution < 1.29 is 13.6 Å². The van der Waals surface area contributed by atoms with Crippen LogP contribution in [0.4, 0.5) is 8.78 Å². The maximum absolute atomic E-state index is 13.5. The fraction of sp³-hybridized carbons (Fsp3) is 0.0769. The second-order valence-electron chi connectivity index (χ2n) is 3.67. The van der Waals surface area contributed by atoms with E-state index >= 15 is 0 Å². The minimum absolute atomic E-state index is 0.154. The van der Waals surface area contributed by atoms with Crippen molar-refractivity contribution in [2.45, 2.75) is 6.54 Å². The molecule has 2 aromatic rings. The Morgan fingerprint density at radius 2 is 1.89 bits per heavy atom. The number of nitrogens with zero attached hydrogens (tertiary/aromatic N) is 1. The zero-order chi connectivity index (χ0) is 13.1. The minimum atomic E-state index is -0.883. The molecule has 3 nitrogen and oxygen atoms in total. The highest BCUT2D eigenvalue weighted by Gasteiger charge is 2.18. The highest BCUT2D eigenvalue weighted by Crippen LogP contribution is 2.17. The number of benzene rings is 1. The molecule has 1 heterocycles. The van der Waals surface area contributed by atoms with Gasteiger partial charge in [0.1, 0.15) is 11.6 Å². The number of nitrogens with two attached hydrogens (primary N) is 1. The van der Waals surface area contributed by atoms with Gasteiger partial charge in [-0.05, 0) is 24.3 Å². The zero-order valence-electron chi connectivity index (χ0n) is 9.36. The first-order chi connectivity index (χ1) is 8.63. The molecule has 0 bridgehead atoms. The molecule has 1 aromatic carbocycles. The summed E-state index contributed by atoms with van der Waals surface area (Å²) < 4.78 is 26.9. The molecule has 92 valence electrons. The number of ketones is 1. The lowest BCUT2D eigenvalue weighted by Crippen LogP contribution is -2.09. The van der Waals surface area contributed by atoms with E-state index in [-0.39, 0.29) is 12.1 Å². The van der Waals surface area contributed by atoms with Gasteiger partial charge >= 0.3 is 0 Å². The molecule has 0 aliphatic carbocycles. The van der Waals surface area contributed by atoms with E-state index in [9.17, 15) is 13.6 Å². The molecule has 0 radical (unpaired) electrons. The number of rotatable bonds is 3. The van der Waals surface area contributed by atoms with Crippen molar-refractivity contribution in [2.24, 2.45) is 5.73 Å². The number of pyridine rings is 1. The van der Waals surface area contributed by atoms with Gasteiger partial charge in [-0.3, -0.25) is 9.78 Å². The number of carbonyl (C=O) groups is 1. The molecule has 0 saturated carbocycles. The fourth-order valence-electron chi connectivity index (χ4n) is 1.59. The predicted octanol–water partition coefficient (Wildman–Crippen LogP) is 2.05. The molecule has 0 amide bonds. The molecule has 0 aliphatic rings. The summed E-state index contributed by atoms with van der Waals surface area (Å²) in [5.41, 5.74) is 5.48. The largest absolute Gasteiger partial charge is 0.325 e. The molecule has 1 aromatic heterocycles. The molecule has 2 N–H and O–H groups in total. The first-order valence-electron chi connectivity index (χ1n) is 5.27. The van der Waals surface area contributed by atoms with E-state index in [1.54, 1.807) is 0 Å². The first-order valence-corrected chi connectivity index (χ1v) is 5.27. The Morgan fingerprint density at radius 1 is 1.22 bits per heavy atom. The van der Waals surface area contributed by atoms with Gasteiger partial charge in [0, 0.05) is 18.3 Å². The van der Waals surface area contributed by atoms with E-state index in [0.29, 0.717) is 5.69 Å². The van der Waals surface area contributed by atoms with E-state index < -0.39 is 23.0 Å². The van der Waals surface area contributed by atoms with Crippen LogP contribution in [0.15, 0.2) is 36.5 Å². The summed E-state index contributed by atoms with van der Waals surface area (Å²) in [5, 5.41) is 0. The Morgan fingerprint density at radius 3 is 2.50 bits per heavy atom. The van der Waals surface area contributed by atoms with Gasteiger partial charge in [-0.25, -0.2) is 8.78 Å². The van der Waals surface area contributed by atoms with Gasteiger partial charge in [0.2, 0.25) is 0 Å². The van der Waals surface area contributed by atoms with Crippen LogP contribution >= 0.6 is 0 Å². The highest BCUT2D eigenvalue weighted by atomic mass is 19.1. The van der Waals surface area contributed by atoms with Gasteiger partial charge in [0.15, 0.2) is 5.78 Å². The zero-order valence-corrected chi connectivity index (χ0v) is 9.36. The van der Waals surface area contributed by atoms with E-state index in [4.69, 9.17) is 5.73 Å². The number of hydrogen-bond donors (Lipinski definition) is 1. The quantitative estimate of drug-likeness (QED) is 0.846. The number of carbonyl (C=O) groups excluding carboxylic acids is 1. The average molecular weight is 248 g/mol. The summed E-state index contributed by atoms with van der Waals surface area (Å²) in [6, 6.07) is 6.11. The van der Waals surface area contributed by atoms with Crippen molar-refractivity contribution in [2.75, 3.05) is 0 Å². The third-order valence-electron chi connectivity index (χ3n) is 2.48. The molecule has 0 fully saturated rings. The molecule has 0 saturated heterocycles. The van der Waals surface area contributed by atoms with E-state index in [0.717, 1.165) is 12.1 Å². The Hall–Kier alpha value is -2.14. The maximum Gasteiger partial charge on any atom is 0.199 e. The molecule has 0 unspecified atom stereocenters. The van der Waals surface area contributed by atoms with E-state index in [1.165, 1.54) is 24.4 Å². The lowest BCUT2D eigenvalue weighted by atomic mass is 10.0. The Kier molecular flexibility index (Phi) is 3.43. The summed E-state index contributed by atoms with van der Waals surface area (Å²) >= 11 is 0. The van der Waals surface area contributed by atoms with Crippen LogP contribution in [-0.4, -0.2) is 10.8 Å².